The van der Waals surface area contributed by atoms with Crippen LogP contribution in [0.3, 0.4) is 0 Å². The van der Waals surface area contributed by atoms with Crippen molar-refractivity contribution in [3.8, 4) is 5.88 Å². The first-order valence-electron chi connectivity index (χ1n) is 11.4. The summed E-state index contributed by atoms with van der Waals surface area (Å²) in [6.07, 6.45) is 5.22. The van der Waals surface area contributed by atoms with Crippen molar-refractivity contribution in [3.05, 3.63) is 40.8 Å². The molecule has 3 aromatic rings. The van der Waals surface area contributed by atoms with Crippen LogP contribution in [0.1, 0.15) is 39.3 Å². The highest BCUT2D eigenvalue weighted by Gasteiger charge is 2.27. The summed E-state index contributed by atoms with van der Waals surface area (Å²) < 4.78 is 11.6. The fourth-order valence-corrected chi connectivity index (χ4v) is 4.68. The van der Waals surface area contributed by atoms with Crippen LogP contribution in [0.25, 0.3) is 11.0 Å². The van der Waals surface area contributed by atoms with Gasteiger partial charge in [0.05, 0.1) is 40.6 Å². The van der Waals surface area contributed by atoms with Gasteiger partial charge < -0.3 is 30.0 Å². The molecule has 0 bridgehead atoms. The van der Waals surface area contributed by atoms with Crippen molar-refractivity contribution in [2.24, 2.45) is 0 Å². The maximum absolute atomic E-state index is 12.3. The molecule has 4 rings (SSSR count). The van der Waals surface area contributed by atoms with Gasteiger partial charge in [-0.2, -0.15) is 0 Å². The van der Waals surface area contributed by atoms with E-state index in [4.69, 9.17) is 9.47 Å². The number of nitrogens with zero attached hydrogens (tertiary/aromatic N) is 3. The number of methoxy groups -OCH3 is 1. The Balaban J connectivity index is 1.55. The lowest BCUT2D eigenvalue weighted by molar-refractivity contribution is 0.0500. The van der Waals surface area contributed by atoms with Crippen LogP contribution in [-0.2, 0) is 11.3 Å². The molecule has 0 aliphatic carbocycles. The Labute approximate surface area is 207 Å². The minimum absolute atomic E-state index is 0.00458. The molecule has 10 heteroatoms. The highest BCUT2D eigenvalue weighted by Crippen LogP contribution is 2.39. The molecule has 1 fully saturated rings. The van der Waals surface area contributed by atoms with Gasteiger partial charge in [0.25, 0.3) is 0 Å². The van der Waals surface area contributed by atoms with Crippen LogP contribution in [0.4, 0.5) is 16.2 Å². The van der Waals surface area contributed by atoms with Crippen molar-refractivity contribution in [2.45, 2.75) is 51.8 Å². The molecule has 1 amide bonds. The van der Waals surface area contributed by atoms with Crippen molar-refractivity contribution in [2.75, 3.05) is 30.4 Å². The number of hydrogen-bond donors (Lipinski definition) is 3. The number of fused-ring (bicyclic) bond motifs is 1. The number of aromatic nitrogens is 3. The first-order chi connectivity index (χ1) is 16.2. The topological polar surface area (TPSA) is 104 Å². The quantitative estimate of drug-likeness (QED) is 0.419. The Morgan fingerprint density at radius 2 is 2.18 bits per heavy atom. The first-order valence-corrected chi connectivity index (χ1v) is 12.2. The van der Waals surface area contributed by atoms with Crippen LogP contribution in [-0.4, -0.2) is 52.9 Å². The molecule has 1 atom stereocenters. The van der Waals surface area contributed by atoms with E-state index in [1.807, 2.05) is 51.4 Å². The van der Waals surface area contributed by atoms with E-state index >= 15 is 0 Å². The van der Waals surface area contributed by atoms with E-state index in [2.05, 4.69) is 46.4 Å². The van der Waals surface area contributed by atoms with Crippen molar-refractivity contribution < 1.29 is 14.3 Å². The van der Waals surface area contributed by atoms with Gasteiger partial charge in [-0.05, 0) is 55.6 Å². The third-order valence-corrected chi connectivity index (χ3v) is 6.12. The largest absolute Gasteiger partial charge is 0.481 e. The van der Waals surface area contributed by atoms with Gasteiger partial charge in [0.1, 0.15) is 11.2 Å². The molecule has 0 unspecified atom stereocenters. The van der Waals surface area contributed by atoms with Crippen LogP contribution >= 0.6 is 15.9 Å². The maximum Gasteiger partial charge on any atom is 0.407 e. The number of carbonyl (C=O) groups is 1. The predicted octanol–water partition coefficient (Wildman–Crippen LogP) is 4.83. The molecule has 0 saturated carbocycles. The van der Waals surface area contributed by atoms with E-state index in [9.17, 15) is 4.79 Å². The van der Waals surface area contributed by atoms with Crippen LogP contribution in [0.2, 0.25) is 0 Å². The van der Waals surface area contributed by atoms with Crippen LogP contribution in [0.15, 0.2) is 35.1 Å². The summed E-state index contributed by atoms with van der Waals surface area (Å²) in [5.41, 5.74) is 3.12. The molecule has 0 aromatic carbocycles. The molecule has 1 aliphatic heterocycles. The van der Waals surface area contributed by atoms with Gasteiger partial charge in [0.15, 0.2) is 0 Å². The number of H-pyrrole nitrogens is 1. The highest BCUT2D eigenvalue weighted by atomic mass is 79.9. The fourth-order valence-electron chi connectivity index (χ4n) is 4.13. The van der Waals surface area contributed by atoms with E-state index in [0.717, 1.165) is 52.0 Å². The average molecular weight is 531 g/mol. The average Bonchev–Trinajstić information content (AvgIpc) is 3.19. The molecular formula is C24H31BrN6O3. The van der Waals surface area contributed by atoms with Gasteiger partial charge in [0.2, 0.25) is 5.88 Å². The Bertz CT molecular complexity index is 1160. The zero-order valence-corrected chi connectivity index (χ0v) is 21.5. The molecule has 0 radical (unpaired) electrons. The summed E-state index contributed by atoms with van der Waals surface area (Å²) in [5, 5.41) is 7.51. The summed E-state index contributed by atoms with van der Waals surface area (Å²) in [6.45, 7) is 7.70. The van der Waals surface area contributed by atoms with E-state index in [1.165, 1.54) is 0 Å². The van der Waals surface area contributed by atoms with E-state index < -0.39 is 5.60 Å². The number of alkyl carbamates (subject to hydrolysis) is 1. The van der Waals surface area contributed by atoms with Gasteiger partial charge in [-0.1, -0.05) is 6.07 Å². The Hall–Kier alpha value is -3.01. The summed E-state index contributed by atoms with van der Waals surface area (Å²) in [7, 11) is 1.61. The lowest BCUT2D eigenvalue weighted by Crippen LogP contribution is -2.49. The minimum atomic E-state index is -0.526. The van der Waals surface area contributed by atoms with Gasteiger partial charge in [-0.3, -0.25) is 0 Å². The Kier molecular flexibility index (Phi) is 7.16. The zero-order valence-electron chi connectivity index (χ0n) is 19.9. The van der Waals surface area contributed by atoms with E-state index in [0.29, 0.717) is 19.0 Å². The van der Waals surface area contributed by atoms with Crippen molar-refractivity contribution in [1.82, 2.24) is 20.3 Å². The number of nitrogens with one attached hydrogen (secondary N) is 3. The standard InChI is InChI=1S/C24H31BrN6O3/c1-24(2,3)34-23(32)30-16-8-6-10-31(14-16)21-17(25)12-27-22-20(21)18(13-28-22)26-11-15-7-5-9-19(29-15)33-4/h5,7,9,12-13,16,26H,6,8,10-11,14H2,1-4H3,(H,27,28)(H,30,32)/t16-/m1/s1. The summed E-state index contributed by atoms with van der Waals surface area (Å²) >= 11 is 3.71. The second kappa shape index (κ2) is 10.1. The first kappa shape index (κ1) is 24.1. The van der Waals surface area contributed by atoms with Gasteiger partial charge in [-0.15, -0.1) is 0 Å². The van der Waals surface area contributed by atoms with Gasteiger partial charge >= 0.3 is 6.09 Å². The fraction of sp³-hybridized carbons (Fsp3) is 0.458. The molecule has 1 aliphatic rings. The number of piperidine rings is 1. The summed E-state index contributed by atoms with van der Waals surface area (Å²) in [6, 6.07) is 5.70. The molecule has 182 valence electrons. The molecule has 9 nitrogen and oxygen atoms in total. The van der Waals surface area contributed by atoms with E-state index in [1.54, 1.807) is 7.11 Å². The van der Waals surface area contributed by atoms with E-state index in [-0.39, 0.29) is 12.1 Å². The number of pyridine rings is 2. The number of hydrogen-bond acceptors (Lipinski definition) is 7. The van der Waals surface area contributed by atoms with Crippen LogP contribution in [0.5, 0.6) is 5.88 Å². The van der Waals surface area contributed by atoms with Crippen LogP contribution in [0, 0.1) is 0 Å². The second-order valence-electron chi connectivity index (χ2n) is 9.34. The molecule has 34 heavy (non-hydrogen) atoms. The number of carbonyl (C=O) groups excluding carboxylic acids is 1. The van der Waals surface area contributed by atoms with Gasteiger partial charge in [0, 0.05) is 37.6 Å². The number of anilines is 2. The zero-order chi connectivity index (χ0) is 24.3. The normalized spacial score (nSPS) is 16.4. The predicted molar refractivity (Wildman–Crippen MR) is 137 cm³/mol. The number of rotatable bonds is 6. The lowest BCUT2D eigenvalue weighted by atomic mass is 10.0. The molecule has 1 saturated heterocycles. The SMILES string of the molecule is COc1cccc(CNc2c[nH]c3ncc(Br)c(N4CCC[C@@H](NC(=O)OC(C)(C)C)C4)c23)n1. The van der Waals surface area contributed by atoms with Crippen molar-refractivity contribution in [1.29, 1.82) is 0 Å². The number of halogens is 1. The van der Waals surface area contributed by atoms with Gasteiger partial charge in [-0.25, -0.2) is 14.8 Å². The molecular weight excluding hydrogens is 500 g/mol. The molecule has 4 heterocycles. The van der Waals surface area contributed by atoms with Crippen molar-refractivity contribution >= 4 is 44.4 Å². The highest BCUT2D eigenvalue weighted by molar-refractivity contribution is 9.10. The number of aromatic amines is 1. The number of amides is 1. The third-order valence-electron chi connectivity index (χ3n) is 5.54. The maximum atomic E-state index is 12.3. The molecule has 3 N–H and O–H groups in total. The Morgan fingerprint density at radius 1 is 1.35 bits per heavy atom. The Morgan fingerprint density at radius 3 is 2.94 bits per heavy atom. The molecule has 3 aromatic heterocycles. The molecule has 0 spiro atoms. The minimum Gasteiger partial charge on any atom is -0.481 e. The monoisotopic (exact) mass is 530 g/mol. The summed E-state index contributed by atoms with van der Waals surface area (Å²) in [5.74, 6) is 0.583. The lowest BCUT2D eigenvalue weighted by Gasteiger charge is -2.36. The van der Waals surface area contributed by atoms with Crippen molar-refractivity contribution in [3.63, 3.8) is 0 Å². The summed E-state index contributed by atoms with van der Waals surface area (Å²) in [4.78, 5) is 26.9. The second-order valence-corrected chi connectivity index (χ2v) is 10.2. The smallest absolute Gasteiger partial charge is 0.407 e. The van der Waals surface area contributed by atoms with Crippen LogP contribution < -0.4 is 20.3 Å². The number of ether oxygens (including phenoxy) is 2. The third kappa shape index (κ3) is 5.72.